The zero-order chi connectivity index (χ0) is 23.4. The second-order valence-corrected chi connectivity index (χ2v) is 10.4. The zero-order valence-electron chi connectivity index (χ0n) is 20.2. The van der Waals surface area contributed by atoms with E-state index in [2.05, 4.69) is 19.9 Å². The molecule has 1 aromatic rings. The molecule has 0 bridgehead atoms. The molecule has 0 saturated heterocycles. The number of aliphatic carboxylic acids is 1. The van der Waals surface area contributed by atoms with Crippen LogP contribution in [-0.2, 0) is 16.1 Å². The molecule has 5 heteroatoms. The molecule has 0 unspecified atom stereocenters. The lowest BCUT2D eigenvalue weighted by Gasteiger charge is -2.49. The molecular formula is C27H40O5. The first-order valence-corrected chi connectivity index (χ1v) is 12.0. The van der Waals surface area contributed by atoms with Crippen molar-refractivity contribution in [2.24, 2.45) is 41.4 Å². The van der Waals surface area contributed by atoms with Crippen LogP contribution in [0.1, 0.15) is 52.5 Å². The van der Waals surface area contributed by atoms with E-state index in [1.165, 1.54) is 5.57 Å². The van der Waals surface area contributed by atoms with Gasteiger partial charge in [0.05, 0.1) is 25.7 Å². The predicted octanol–water partition coefficient (Wildman–Crippen LogP) is 5.17. The molecule has 1 aromatic carbocycles. The van der Waals surface area contributed by atoms with Gasteiger partial charge in [0.25, 0.3) is 0 Å². The Morgan fingerprint density at radius 1 is 1.12 bits per heavy atom. The summed E-state index contributed by atoms with van der Waals surface area (Å²) < 4.78 is 11.3. The van der Waals surface area contributed by atoms with E-state index in [9.17, 15) is 15.0 Å². The van der Waals surface area contributed by atoms with Gasteiger partial charge in [0.15, 0.2) is 0 Å². The topological polar surface area (TPSA) is 76.0 Å². The Bertz CT molecular complexity index is 784. The summed E-state index contributed by atoms with van der Waals surface area (Å²) in [5, 5.41) is 20.7. The number of hydrogen-bond acceptors (Lipinski definition) is 4. The van der Waals surface area contributed by atoms with Gasteiger partial charge in [0.2, 0.25) is 0 Å². The van der Waals surface area contributed by atoms with Crippen LogP contribution >= 0.6 is 0 Å². The Morgan fingerprint density at radius 2 is 1.81 bits per heavy atom. The summed E-state index contributed by atoms with van der Waals surface area (Å²) in [5.41, 5.74) is 2.39. The van der Waals surface area contributed by atoms with Crippen molar-refractivity contribution >= 4 is 5.97 Å². The van der Waals surface area contributed by atoms with E-state index < -0.39 is 5.97 Å². The minimum absolute atomic E-state index is 0.0758. The molecule has 178 valence electrons. The van der Waals surface area contributed by atoms with Crippen LogP contribution in [0, 0.1) is 41.4 Å². The average Bonchev–Trinajstić information content (AvgIpc) is 2.73. The van der Waals surface area contributed by atoms with Crippen molar-refractivity contribution in [1.82, 2.24) is 0 Å². The van der Waals surface area contributed by atoms with Crippen LogP contribution in [0.15, 0.2) is 35.9 Å². The molecule has 1 saturated carbocycles. The highest BCUT2D eigenvalue weighted by Crippen LogP contribution is 2.51. The third kappa shape index (κ3) is 5.74. The Morgan fingerprint density at radius 3 is 2.41 bits per heavy atom. The summed E-state index contributed by atoms with van der Waals surface area (Å²) in [7, 11) is 1.66. The number of hydrogen-bond donors (Lipinski definition) is 2. The Hall–Kier alpha value is -1.85. The van der Waals surface area contributed by atoms with Crippen molar-refractivity contribution < 1.29 is 24.5 Å². The normalized spacial score (nSPS) is 29.7. The largest absolute Gasteiger partial charge is 0.497 e. The highest BCUT2D eigenvalue weighted by atomic mass is 16.5. The molecular weight excluding hydrogens is 404 g/mol. The molecule has 0 radical (unpaired) electrons. The smallest absolute Gasteiger partial charge is 0.307 e. The van der Waals surface area contributed by atoms with Gasteiger partial charge in [-0.3, -0.25) is 4.79 Å². The first-order valence-electron chi connectivity index (χ1n) is 12.0. The molecule has 0 spiro atoms. The maximum absolute atomic E-state index is 12.1. The molecule has 32 heavy (non-hydrogen) atoms. The predicted molar refractivity (Wildman–Crippen MR) is 125 cm³/mol. The number of fused-ring (bicyclic) bond motifs is 1. The van der Waals surface area contributed by atoms with Gasteiger partial charge in [0, 0.05) is 6.61 Å². The summed E-state index contributed by atoms with van der Waals surface area (Å²) in [5.74, 6) is 0.986. The molecule has 0 amide bonds. The average molecular weight is 445 g/mol. The summed E-state index contributed by atoms with van der Waals surface area (Å²) in [6.45, 7) is 9.52. The van der Waals surface area contributed by atoms with Crippen molar-refractivity contribution in [3.05, 3.63) is 41.5 Å². The maximum Gasteiger partial charge on any atom is 0.307 e. The fourth-order valence-electron chi connectivity index (χ4n) is 6.16. The van der Waals surface area contributed by atoms with Gasteiger partial charge in [-0.25, -0.2) is 0 Å². The highest BCUT2D eigenvalue weighted by Gasteiger charge is 2.47. The van der Waals surface area contributed by atoms with Crippen molar-refractivity contribution in [2.75, 3.05) is 13.7 Å². The van der Waals surface area contributed by atoms with Gasteiger partial charge in [-0.05, 0) is 79.4 Å². The summed E-state index contributed by atoms with van der Waals surface area (Å²) in [6, 6.07) is 7.90. The SMILES string of the molecule is COc1ccc(COC[C@@H](C)[C@@H]2C[C@@H](O)C[C@H]3[C@@H]2C=C(C)C[C@H]3[C@H](C(=O)O)C(C)C)cc1. The van der Waals surface area contributed by atoms with Crippen LogP contribution in [0.2, 0.25) is 0 Å². The van der Waals surface area contributed by atoms with Crippen molar-refractivity contribution in [3.63, 3.8) is 0 Å². The van der Waals surface area contributed by atoms with E-state index in [-0.39, 0.29) is 35.7 Å². The number of aliphatic hydroxyl groups excluding tert-OH is 1. The number of carbonyl (C=O) groups is 1. The fourth-order valence-corrected chi connectivity index (χ4v) is 6.16. The number of rotatable bonds is 9. The molecule has 2 aliphatic carbocycles. The first kappa shape index (κ1) is 24.8. The van der Waals surface area contributed by atoms with Crippen LogP contribution in [0.4, 0.5) is 0 Å². The first-order chi connectivity index (χ1) is 15.2. The molecule has 0 aliphatic heterocycles. The van der Waals surface area contributed by atoms with Gasteiger partial charge in [-0.2, -0.15) is 0 Å². The number of aliphatic hydroxyl groups is 1. The minimum atomic E-state index is -0.703. The van der Waals surface area contributed by atoms with Crippen LogP contribution in [0.3, 0.4) is 0 Å². The summed E-state index contributed by atoms with van der Waals surface area (Å²) in [4.78, 5) is 12.1. The Balaban J connectivity index is 1.70. The molecule has 0 heterocycles. The third-order valence-electron chi connectivity index (χ3n) is 7.67. The Kier molecular flexibility index (Phi) is 8.40. The van der Waals surface area contributed by atoms with Crippen molar-refractivity contribution in [1.29, 1.82) is 0 Å². The quantitative estimate of drug-likeness (QED) is 0.514. The third-order valence-corrected chi connectivity index (χ3v) is 7.67. The van der Waals surface area contributed by atoms with Crippen LogP contribution < -0.4 is 4.74 Å². The number of carboxylic acids is 1. The van der Waals surface area contributed by atoms with Gasteiger partial charge in [-0.1, -0.05) is 44.6 Å². The number of ether oxygens (including phenoxy) is 2. The van der Waals surface area contributed by atoms with Crippen molar-refractivity contribution in [2.45, 2.75) is 59.7 Å². The van der Waals surface area contributed by atoms with E-state index in [0.29, 0.717) is 31.5 Å². The maximum atomic E-state index is 12.1. The Labute approximate surface area is 192 Å². The standard InChI is InChI=1S/C27H40O5/c1-16(2)26(27(29)30)25-11-17(3)10-23-22(12-20(28)13-24(23)25)18(4)14-32-15-19-6-8-21(31-5)9-7-19/h6-10,16,18,20,22-26,28H,11-15H2,1-5H3,(H,29,30)/t18-,20-,22+,23-,24+,25-,26-/m1/s1. The molecule has 1 fully saturated rings. The van der Waals surface area contributed by atoms with Crippen LogP contribution in [0.25, 0.3) is 0 Å². The van der Waals surface area contributed by atoms with Crippen LogP contribution in [0.5, 0.6) is 5.75 Å². The number of carboxylic acid groups (broad SMARTS) is 1. The van der Waals surface area contributed by atoms with E-state index in [4.69, 9.17) is 9.47 Å². The van der Waals surface area contributed by atoms with Gasteiger partial charge < -0.3 is 19.7 Å². The monoisotopic (exact) mass is 444 g/mol. The fraction of sp³-hybridized carbons (Fsp3) is 0.667. The molecule has 2 N–H and O–H groups in total. The summed E-state index contributed by atoms with van der Waals surface area (Å²) >= 11 is 0. The van der Waals surface area contributed by atoms with Crippen LogP contribution in [-0.4, -0.2) is 36.0 Å². The molecule has 5 nitrogen and oxygen atoms in total. The zero-order valence-corrected chi connectivity index (χ0v) is 20.2. The van der Waals surface area contributed by atoms with E-state index in [1.807, 2.05) is 38.1 Å². The molecule has 3 rings (SSSR count). The minimum Gasteiger partial charge on any atom is -0.497 e. The molecule has 2 aliphatic rings. The molecule has 7 atom stereocenters. The van der Waals surface area contributed by atoms with E-state index >= 15 is 0 Å². The second kappa shape index (κ2) is 10.8. The molecule has 0 aromatic heterocycles. The van der Waals surface area contributed by atoms with Crippen molar-refractivity contribution in [3.8, 4) is 5.75 Å². The lowest BCUT2D eigenvalue weighted by atomic mass is 9.56. The van der Waals surface area contributed by atoms with Gasteiger partial charge in [0.1, 0.15) is 5.75 Å². The number of methoxy groups -OCH3 is 1. The number of benzene rings is 1. The van der Waals surface area contributed by atoms with Gasteiger partial charge in [-0.15, -0.1) is 0 Å². The second-order valence-electron chi connectivity index (χ2n) is 10.4. The lowest BCUT2D eigenvalue weighted by Crippen LogP contribution is -2.47. The van der Waals surface area contributed by atoms with E-state index in [1.54, 1.807) is 7.11 Å². The summed E-state index contributed by atoms with van der Waals surface area (Å²) in [6.07, 6.45) is 4.27. The lowest BCUT2D eigenvalue weighted by molar-refractivity contribution is -0.148. The van der Waals surface area contributed by atoms with Gasteiger partial charge >= 0.3 is 5.97 Å². The highest BCUT2D eigenvalue weighted by molar-refractivity contribution is 5.70. The number of allylic oxidation sites excluding steroid dienone is 2. The van der Waals surface area contributed by atoms with E-state index in [0.717, 1.165) is 24.2 Å².